The lowest BCUT2D eigenvalue weighted by molar-refractivity contribution is -0.129. The SMILES string of the molecule is CC(=O)N1CCN(c2ccc(Cl)c(-c3nc4ccccc4[nH]3)c2)CC1. The van der Waals surface area contributed by atoms with E-state index in [4.69, 9.17) is 11.6 Å². The molecule has 3 aromatic rings. The van der Waals surface area contributed by atoms with E-state index in [9.17, 15) is 4.79 Å². The standard InChI is InChI=1S/C19H19ClN4O/c1-13(25)23-8-10-24(11-9-23)14-6-7-16(20)15(12-14)19-21-17-4-2-3-5-18(17)22-19/h2-7,12H,8-11H2,1H3,(H,21,22). The van der Waals surface area contributed by atoms with Crippen LogP contribution in [0.15, 0.2) is 42.5 Å². The number of aromatic nitrogens is 2. The van der Waals surface area contributed by atoms with Crippen molar-refractivity contribution in [2.24, 2.45) is 0 Å². The monoisotopic (exact) mass is 354 g/mol. The fraction of sp³-hybridized carbons (Fsp3) is 0.263. The van der Waals surface area contributed by atoms with Crippen LogP contribution in [0.1, 0.15) is 6.92 Å². The Kier molecular flexibility index (Phi) is 4.09. The van der Waals surface area contributed by atoms with Crippen LogP contribution in [0.5, 0.6) is 0 Å². The van der Waals surface area contributed by atoms with E-state index in [0.717, 1.165) is 54.3 Å². The molecule has 0 spiro atoms. The third-order valence-corrected chi connectivity index (χ3v) is 5.01. The molecule has 1 saturated heterocycles. The van der Waals surface area contributed by atoms with Gasteiger partial charge in [-0.05, 0) is 30.3 Å². The number of hydrogen-bond donors (Lipinski definition) is 1. The predicted molar refractivity (Wildman–Crippen MR) is 101 cm³/mol. The maximum absolute atomic E-state index is 11.5. The summed E-state index contributed by atoms with van der Waals surface area (Å²) in [4.78, 5) is 23.6. The van der Waals surface area contributed by atoms with Crippen LogP contribution in [-0.2, 0) is 4.79 Å². The number of rotatable bonds is 2. The fourth-order valence-corrected chi connectivity index (χ4v) is 3.46. The Bertz CT molecular complexity index is 895. The Morgan fingerprint density at radius 2 is 1.88 bits per heavy atom. The summed E-state index contributed by atoms with van der Waals surface area (Å²) in [5, 5.41) is 0.671. The van der Waals surface area contributed by atoms with Crippen LogP contribution < -0.4 is 4.90 Å². The lowest BCUT2D eigenvalue weighted by atomic mass is 10.1. The predicted octanol–water partition coefficient (Wildman–Crippen LogP) is 3.55. The van der Waals surface area contributed by atoms with E-state index in [-0.39, 0.29) is 5.91 Å². The van der Waals surface area contributed by atoms with Crippen LogP contribution in [0.3, 0.4) is 0 Å². The maximum atomic E-state index is 11.5. The summed E-state index contributed by atoms with van der Waals surface area (Å²) in [7, 11) is 0. The molecule has 1 amide bonds. The highest BCUT2D eigenvalue weighted by molar-refractivity contribution is 6.33. The average Bonchev–Trinajstić information content (AvgIpc) is 3.06. The molecule has 0 saturated carbocycles. The molecule has 25 heavy (non-hydrogen) atoms. The van der Waals surface area contributed by atoms with Crippen molar-refractivity contribution < 1.29 is 4.79 Å². The zero-order chi connectivity index (χ0) is 17.4. The van der Waals surface area contributed by atoms with Crippen LogP contribution in [0, 0.1) is 0 Å². The van der Waals surface area contributed by atoms with Gasteiger partial charge in [0.25, 0.3) is 0 Å². The number of carbonyl (C=O) groups is 1. The molecule has 2 heterocycles. The Balaban J connectivity index is 1.64. The summed E-state index contributed by atoms with van der Waals surface area (Å²) in [5.41, 5.74) is 3.91. The van der Waals surface area contributed by atoms with Crippen LogP contribution in [0.4, 0.5) is 5.69 Å². The van der Waals surface area contributed by atoms with E-state index in [1.54, 1.807) is 6.92 Å². The van der Waals surface area contributed by atoms with Crippen molar-refractivity contribution >= 4 is 34.2 Å². The van der Waals surface area contributed by atoms with Gasteiger partial charge in [0.15, 0.2) is 0 Å². The molecule has 6 heteroatoms. The molecule has 0 unspecified atom stereocenters. The first kappa shape index (κ1) is 16.0. The molecule has 128 valence electrons. The normalized spacial score (nSPS) is 15.0. The van der Waals surface area contributed by atoms with Gasteiger partial charge in [0.2, 0.25) is 5.91 Å². The number of nitrogens with one attached hydrogen (secondary N) is 1. The minimum atomic E-state index is 0.138. The first-order chi connectivity index (χ1) is 12.1. The number of para-hydroxylation sites is 2. The van der Waals surface area contributed by atoms with Crippen LogP contribution in [0.25, 0.3) is 22.4 Å². The highest BCUT2D eigenvalue weighted by atomic mass is 35.5. The van der Waals surface area contributed by atoms with E-state index in [0.29, 0.717) is 5.02 Å². The summed E-state index contributed by atoms with van der Waals surface area (Å²) in [5.74, 6) is 0.911. The van der Waals surface area contributed by atoms with Gasteiger partial charge in [-0.3, -0.25) is 4.79 Å². The fourth-order valence-electron chi connectivity index (χ4n) is 3.25. The van der Waals surface area contributed by atoms with E-state index in [1.807, 2.05) is 41.3 Å². The third-order valence-electron chi connectivity index (χ3n) is 4.68. The molecule has 2 aromatic carbocycles. The topological polar surface area (TPSA) is 52.2 Å². The number of H-pyrrole nitrogens is 1. The molecule has 5 nitrogen and oxygen atoms in total. The number of amides is 1. The first-order valence-corrected chi connectivity index (χ1v) is 8.75. The zero-order valence-corrected chi connectivity index (χ0v) is 14.8. The molecule has 1 fully saturated rings. The van der Waals surface area contributed by atoms with Gasteiger partial charge in [0.1, 0.15) is 5.82 Å². The van der Waals surface area contributed by atoms with Crippen molar-refractivity contribution in [3.05, 3.63) is 47.5 Å². The van der Waals surface area contributed by atoms with Gasteiger partial charge >= 0.3 is 0 Å². The van der Waals surface area contributed by atoms with Crippen molar-refractivity contribution in [2.75, 3.05) is 31.1 Å². The Hall–Kier alpha value is -2.53. The van der Waals surface area contributed by atoms with E-state index in [1.165, 1.54) is 0 Å². The molecule has 1 N–H and O–H groups in total. The number of piperazine rings is 1. The lowest BCUT2D eigenvalue weighted by Crippen LogP contribution is -2.48. The van der Waals surface area contributed by atoms with Crippen molar-refractivity contribution in [2.45, 2.75) is 6.92 Å². The lowest BCUT2D eigenvalue weighted by Gasteiger charge is -2.35. The smallest absolute Gasteiger partial charge is 0.219 e. The Morgan fingerprint density at radius 1 is 1.12 bits per heavy atom. The highest BCUT2D eigenvalue weighted by Crippen LogP contribution is 2.31. The first-order valence-electron chi connectivity index (χ1n) is 8.37. The van der Waals surface area contributed by atoms with Crippen molar-refractivity contribution in [3.8, 4) is 11.4 Å². The average molecular weight is 355 g/mol. The van der Waals surface area contributed by atoms with Crippen LogP contribution in [0.2, 0.25) is 5.02 Å². The van der Waals surface area contributed by atoms with Gasteiger partial charge < -0.3 is 14.8 Å². The molecule has 0 bridgehead atoms. The number of halogens is 1. The third kappa shape index (κ3) is 3.07. The van der Waals surface area contributed by atoms with E-state index in [2.05, 4.69) is 20.9 Å². The number of fused-ring (bicyclic) bond motifs is 1. The second-order valence-corrected chi connectivity index (χ2v) is 6.67. The molecule has 1 aromatic heterocycles. The molecular formula is C19H19ClN4O. The van der Waals surface area contributed by atoms with Gasteiger partial charge in [-0.1, -0.05) is 23.7 Å². The summed E-state index contributed by atoms with van der Waals surface area (Å²) >= 11 is 6.43. The number of nitrogens with zero attached hydrogens (tertiary/aromatic N) is 3. The number of anilines is 1. The quantitative estimate of drug-likeness (QED) is 0.765. The minimum Gasteiger partial charge on any atom is -0.368 e. The van der Waals surface area contributed by atoms with Crippen molar-refractivity contribution in [3.63, 3.8) is 0 Å². The van der Waals surface area contributed by atoms with E-state index >= 15 is 0 Å². The van der Waals surface area contributed by atoms with Gasteiger partial charge in [-0.2, -0.15) is 0 Å². The summed E-state index contributed by atoms with van der Waals surface area (Å²) in [6, 6.07) is 14.0. The van der Waals surface area contributed by atoms with Gasteiger partial charge in [-0.25, -0.2) is 4.98 Å². The van der Waals surface area contributed by atoms with Crippen LogP contribution in [-0.4, -0.2) is 47.0 Å². The molecule has 0 atom stereocenters. The maximum Gasteiger partial charge on any atom is 0.219 e. The molecule has 4 rings (SSSR count). The van der Waals surface area contributed by atoms with Crippen molar-refractivity contribution in [1.29, 1.82) is 0 Å². The molecular weight excluding hydrogens is 336 g/mol. The van der Waals surface area contributed by atoms with Gasteiger partial charge in [0, 0.05) is 44.4 Å². The molecule has 0 aliphatic carbocycles. The largest absolute Gasteiger partial charge is 0.368 e. The molecule has 0 radical (unpaired) electrons. The summed E-state index contributed by atoms with van der Waals surface area (Å²) in [6.07, 6.45) is 0. The van der Waals surface area contributed by atoms with Gasteiger partial charge in [0.05, 0.1) is 16.1 Å². The Labute approximate surface area is 151 Å². The minimum absolute atomic E-state index is 0.138. The number of carbonyl (C=O) groups excluding carboxylic acids is 1. The highest BCUT2D eigenvalue weighted by Gasteiger charge is 2.20. The Morgan fingerprint density at radius 3 is 2.60 bits per heavy atom. The van der Waals surface area contributed by atoms with Crippen molar-refractivity contribution in [1.82, 2.24) is 14.9 Å². The zero-order valence-electron chi connectivity index (χ0n) is 14.0. The molecule has 1 aliphatic rings. The number of aromatic amines is 1. The summed E-state index contributed by atoms with van der Waals surface area (Å²) < 4.78 is 0. The number of benzene rings is 2. The summed E-state index contributed by atoms with van der Waals surface area (Å²) in [6.45, 7) is 4.76. The second-order valence-electron chi connectivity index (χ2n) is 6.26. The molecule has 1 aliphatic heterocycles. The van der Waals surface area contributed by atoms with Gasteiger partial charge in [-0.15, -0.1) is 0 Å². The number of imidazole rings is 1. The van der Waals surface area contributed by atoms with E-state index < -0.39 is 0 Å². The number of hydrogen-bond acceptors (Lipinski definition) is 3. The second kappa shape index (κ2) is 6.41. The van der Waals surface area contributed by atoms with Crippen LogP contribution >= 0.6 is 11.6 Å².